The Balaban J connectivity index is 1.59. The van der Waals surface area contributed by atoms with Crippen LogP contribution in [0, 0.1) is 6.92 Å². The average molecular weight is 519 g/mol. The molecule has 4 heterocycles. The van der Waals surface area contributed by atoms with E-state index in [-0.39, 0.29) is 23.6 Å². The topological polar surface area (TPSA) is 111 Å². The normalized spacial score (nSPS) is 18.1. The lowest BCUT2D eigenvalue weighted by atomic mass is 10.1. The number of hydrogen-bond acceptors (Lipinski definition) is 10. The molecule has 2 aliphatic heterocycles. The van der Waals surface area contributed by atoms with Crippen LogP contribution in [0.25, 0.3) is 10.2 Å². The fraction of sp³-hybridized carbons (Fsp3) is 0.435. The van der Waals surface area contributed by atoms with Crippen molar-refractivity contribution in [2.45, 2.75) is 38.3 Å². The van der Waals surface area contributed by atoms with E-state index in [2.05, 4.69) is 14.9 Å². The van der Waals surface area contributed by atoms with Gasteiger partial charge in [0.25, 0.3) is 0 Å². The number of hydrogen-bond donors (Lipinski definition) is 0. The summed E-state index contributed by atoms with van der Waals surface area (Å²) >= 11 is 1.51. The highest BCUT2D eigenvalue weighted by Crippen LogP contribution is 2.46. The van der Waals surface area contributed by atoms with Gasteiger partial charge < -0.3 is 18.6 Å². The standard InChI is InChI=1S/C23H26N4O6S2/c1-4-32-23(28)27-13-17-18(15(27)3)19-20(34-17)21(26-9-11-31-12-10-26)25-22(24-19)33-35(29,30)16-7-5-14(2)6-8-16/h5-8,15H,4,9-13H2,1-3H3. The lowest BCUT2D eigenvalue weighted by Gasteiger charge is -2.28. The molecule has 35 heavy (non-hydrogen) atoms. The van der Waals surface area contributed by atoms with Crippen molar-refractivity contribution in [3.05, 3.63) is 40.3 Å². The molecular formula is C23H26N4O6S2. The van der Waals surface area contributed by atoms with Gasteiger partial charge in [0, 0.05) is 23.5 Å². The Kier molecular flexibility index (Phi) is 6.28. The Morgan fingerprint density at radius 3 is 2.60 bits per heavy atom. The number of carbonyl (C=O) groups is 1. The summed E-state index contributed by atoms with van der Waals surface area (Å²) in [5, 5.41) is 0. The van der Waals surface area contributed by atoms with E-state index in [1.807, 2.05) is 13.8 Å². The number of morpholine rings is 1. The molecule has 1 aromatic carbocycles. The maximum atomic E-state index is 13.0. The van der Waals surface area contributed by atoms with Crippen molar-refractivity contribution in [3.8, 4) is 6.01 Å². The zero-order valence-electron chi connectivity index (χ0n) is 19.7. The van der Waals surface area contributed by atoms with Gasteiger partial charge >= 0.3 is 22.2 Å². The Bertz CT molecular complexity index is 1370. The Labute approximate surface area is 207 Å². The molecule has 5 rings (SSSR count). The first-order valence-electron chi connectivity index (χ1n) is 11.4. The van der Waals surface area contributed by atoms with Crippen LogP contribution in [-0.2, 0) is 26.1 Å². The van der Waals surface area contributed by atoms with Crippen LogP contribution < -0.4 is 9.08 Å². The Morgan fingerprint density at radius 2 is 1.91 bits per heavy atom. The summed E-state index contributed by atoms with van der Waals surface area (Å²) in [6, 6.07) is 5.86. The highest BCUT2D eigenvalue weighted by molar-refractivity contribution is 7.87. The Hall–Kier alpha value is -2.96. The Morgan fingerprint density at radius 1 is 1.20 bits per heavy atom. The van der Waals surface area contributed by atoms with Crippen molar-refractivity contribution >= 4 is 43.6 Å². The van der Waals surface area contributed by atoms with E-state index in [4.69, 9.17) is 13.7 Å². The number of thiophene rings is 1. The summed E-state index contributed by atoms with van der Waals surface area (Å²) in [6.07, 6.45) is -0.391. The number of carbonyl (C=O) groups excluding carboxylic acids is 1. The predicted molar refractivity (Wildman–Crippen MR) is 130 cm³/mol. The molecular weight excluding hydrogens is 492 g/mol. The molecule has 1 atom stereocenters. The smallest absolute Gasteiger partial charge is 0.410 e. The number of nitrogens with zero attached hydrogens (tertiary/aromatic N) is 4. The molecule has 1 fully saturated rings. The SMILES string of the molecule is CCOC(=O)N1Cc2sc3c(N4CCOCC4)nc(OS(=O)(=O)c4ccc(C)cc4)nc3c2C1C. The van der Waals surface area contributed by atoms with Gasteiger partial charge in [0.1, 0.15) is 4.90 Å². The minimum absolute atomic E-state index is 0.0251. The second kappa shape index (κ2) is 9.25. The van der Waals surface area contributed by atoms with E-state index in [1.165, 1.54) is 23.5 Å². The van der Waals surface area contributed by atoms with Gasteiger partial charge in [-0.2, -0.15) is 18.4 Å². The molecule has 0 N–H and O–H groups in total. The summed E-state index contributed by atoms with van der Waals surface area (Å²) < 4.78 is 42.9. The van der Waals surface area contributed by atoms with Crippen molar-refractivity contribution in [2.24, 2.45) is 0 Å². The third kappa shape index (κ3) is 4.41. The molecule has 2 aromatic heterocycles. The lowest BCUT2D eigenvalue weighted by Crippen LogP contribution is -2.37. The number of aromatic nitrogens is 2. The number of amides is 1. The fourth-order valence-corrected chi connectivity index (χ4v) is 6.49. The molecule has 0 aliphatic carbocycles. The second-order valence-corrected chi connectivity index (χ2v) is 11.1. The zero-order chi connectivity index (χ0) is 24.7. The molecule has 0 saturated carbocycles. The number of benzene rings is 1. The predicted octanol–water partition coefficient (Wildman–Crippen LogP) is 3.64. The molecule has 186 valence electrons. The molecule has 0 bridgehead atoms. The van der Waals surface area contributed by atoms with Crippen LogP contribution in [0.15, 0.2) is 29.2 Å². The summed E-state index contributed by atoms with van der Waals surface area (Å²) in [5.74, 6) is 0.613. The first-order valence-corrected chi connectivity index (χ1v) is 13.6. The van der Waals surface area contributed by atoms with Crippen LogP contribution in [0.5, 0.6) is 6.01 Å². The van der Waals surface area contributed by atoms with Crippen LogP contribution in [0.3, 0.4) is 0 Å². The van der Waals surface area contributed by atoms with E-state index < -0.39 is 16.2 Å². The molecule has 0 radical (unpaired) electrons. The summed E-state index contributed by atoms with van der Waals surface area (Å²) in [7, 11) is -4.14. The first kappa shape index (κ1) is 23.8. The van der Waals surface area contributed by atoms with E-state index >= 15 is 0 Å². The molecule has 1 saturated heterocycles. The number of anilines is 1. The van der Waals surface area contributed by atoms with Gasteiger partial charge in [0.2, 0.25) is 0 Å². The highest BCUT2D eigenvalue weighted by Gasteiger charge is 2.37. The minimum atomic E-state index is -4.14. The third-order valence-electron chi connectivity index (χ3n) is 6.11. The van der Waals surface area contributed by atoms with Crippen molar-refractivity contribution in [3.63, 3.8) is 0 Å². The zero-order valence-corrected chi connectivity index (χ0v) is 21.3. The van der Waals surface area contributed by atoms with E-state index in [0.29, 0.717) is 44.2 Å². The van der Waals surface area contributed by atoms with Gasteiger partial charge in [0.05, 0.1) is 42.6 Å². The second-order valence-electron chi connectivity index (χ2n) is 8.40. The van der Waals surface area contributed by atoms with Crippen LogP contribution in [-0.4, -0.2) is 62.3 Å². The summed E-state index contributed by atoms with van der Waals surface area (Å²) in [5.41, 5.74) is 2.40. The maximum absolute atomic E-state index is 13.0. The lowest BCUT2D eigenvalue weighted by molar-refractivity contribution is 0.0965. The van der Waals surface area contributed by atoms with E-state index in [0.717, 1.165) is 20.7 Å². The van der Waals surface area contributed by atoms with Crippen LogP contribution in [0.2, 0.25) is 0 Å². The van der Waals surface area contributed by atoms with Gasteiger partial charge in [0.15, 0.2) is 5.82 Å². The average Bonchev–Trinajstić information content (AvgIpc) is 3.36. The van der Waals surface area contributed by atoms with Crippen molar-refractivity contribution in [1.82, 2.24) is 14.9 Å². The largest absolute Gasteiger partial charge is 0.450 e. The minimum Gasteiger partial charge on any atom is -0.450 e. The number of ether oxygens (including phenoxy) is 2. The van der Waals surface area contributed by atoms with Gasteiger partial charge in [-0.25, -0.2) is 4.79 Å². The van der Waals surface area contributed by atoms with E-state index in [1.54, 1.807) is 24.0 Å². The summed E-state index contributed by atoms with van der Waals surface area (Å²) in [4.78, 5) is 26.2. The molecule has 12 heteroatoms. The first-order chi connectivity index (χ1) is 16.8. The molecule has 2 aliphatic rings. The number of rotatable bonds is 5. The van der Waals surface area contributed by atoms with Crippen LogP contribution in [0.4, 0.5) is 10.6 Å². The molecule has 10 nitrogen and oxygen atoms in total. The maximum Gasteiger partial charge on any atom is 0.410 e. The van der Waals surface area contributed by atoms with Gasteiger partial charge in [-0.3, -0.25) is 4.90 Å². The van der Waals surface area contributed by atoms with Crippen molar-refractivity contribution in [1.29, 1.82) is 0 Å². The molecule has 0 spiro atoms. The monoisotopic (exact) mass is 518 g/mol. The summed E-state index contributed by atoms with van der Waals surface area (Å²) in [6.45, 7) is 8.56. The van der Waals surface area contributed by atoms with Gasteiger partial charge in [-0.1, -0.05) is 17.7 Å². The van der Waals surface area contributed by atoms with E-state index in [9.17, 15) is 13.2 Å². The van der Waals surface area contributed by atoms with Crippen molar-refractivity contribution < 1.29 is 26.9 Å². The van der Waals surface area contributed by atoms with Crippen LogP contribution in [0.1, 0.15) is 35.9 Å². The van der Waals surface area contributed by atoms with Gasteiger partial charge in [-0.15, -0.1) is 11.3 Å². The third-order valence-corrected chi connectivity index (χ3v) is 8.51. The number of fused-ring (bicyclic) bond motifs is 3. The fourth-order valence-electron chi connectivity index (χ4n) is 4.31. The number of aryl methyl sites for hydroxylation is 1. The quantitative estimate of drug-likeness (QED) is 0.467. The van der Waals surface area contributed by atoms with Crippen molar-refractivity contribution in [2.75, 3.05) is 37.8 Å². The molecule has 1 amide bonds. The van der Waals surface area contributed by atoms with Crippen LogP contribution >= 0.6 is 11.3 Å². The van der Waals surface area contributed by atoms with Gasteiger partial charge in [-0.05, 0) is 32.9 Å². The molecule has 3 aromatic rings. The highest BCUT2D eigenvalue weighted by atomic mass is 32.2. The molecule has 1 unspecified atom stereocenters.